The molecular weight excluding hydrogens is 340 g/mol. The van der Waals surface area contributed by atoms with Crippen molar-refractivity contribution >= 4 is 28.3 Å². The van der Waals surface area contributed by atoms with Gasteiger partial charge in [0.2, 0.25) is 5.91 Å². The molecule has 0 spiro atoms. The molecule has 1 saturated heterocycles. The van der Waals surface area contributed by atoms with Crippen molar-refractivity contribution in [3.05, 3.63) is 48.1 Å². The average molecular weight is 366 g/mol. The molecule has 1 atom stereocenters. The highest BCUT2D eigenvalue weighted by atomic mass is 16.2. The van der Waals surface area contributed by atoms with Gasteiger partial charge in [-0.2, -0.15) is 0 Å². The highest BCUT2D eigenvalue weighted by molar-refractivity contribution is 6.19. The molecule has 27 heavy (non-hydrogen) atoms. The van der Waals surface area contributed by atoms with Gasteiger partial charge >= 0.3 is 0 Å². The third-order valence-corrected chi connectivity index (χ3v) is 4.81. The molecule has 0 radical (unpaired) electrons. The molecule has 7 heteroatoms. The summed E-state index contributed by atoms with van der Waals surface area (Å²) >= 11 is 0. The molecule has 142 valence electrons. The summed E-state index contributed by atoms with van der Waals surface area (Å²) in [6, 6.07) is 1.79. The molecule has 3 rings (SSSR count). The van der Waals surface area contributed by atoms with Gasteiger partial charge in [-0.3, -0.25) is 4.79 Å². The maximum atomic E-state index is 12.3. The van der Waals surface area contributed by atoms with Crippen LogP contribution < -0.4 is 16.0 Å². The molecule has 2 aromatic heterocycles. The van der Waals surface area contributed by atoms with Crippen LogP contribution in [0.25, 0.3) is 11.0 Å². The van der Waals surface area contributed by atoms with Crippen molar-refractivity contribution in [2.75, 3.05) is 18.5 Å². The summed E-state index contributed by atoms with van der Waals surface area (Å²) in [5.74, 6) is 0.488. The van der Waals surface area contributed by atoms with Crippen molar-refractivity contribution in [2.45, 2.75) is 32.7 Å². The zero-order valence-corrected chi connectivity index (χ0v) is 16.0. The predicted molar refractivity (Wildman–Crippen MR) is 110 cm³/mol. The van der Waals surface area contributed by atoms with E-state index >= 15 is 0 Å². The number of amides is 1. The van der Waals surface area contributed by atoms with Gasteiger partial charge in [-0.1, -0.05) is 6.08 Å². The first-order chi connectivity index (χ1) is 13.1. The van der Waals surface area contributed by atoms with E-state index in [9.17, 15) is 4.79 Å². The number of nitrogens with two attached hydrogens (primary N) is 1. The first-order valence-electron chi connectivity index (χ1n) is 9.18. The number of aromatic nitrogens is 2. The van der Waals surface area contributed by atoms with Crippen LogP contribution in [0.2, 0.25) is 0 Å². The lowest BCUT2D eigenvalue weighted by Crippen LogP contribution is -2.42. The van der Waals surface area contributed by atoms with E-state index in [1.165, 1.54) is 0 Å². The van der Waals surface area contributed by atoms with Crippen LogP contribution >= 0.6 is 0 Å². The molecule has 1 aliphatic heterocycles. The van der Waals surface area contributed by atoms with Crippen LogP contribution in [0.15, 0.2) is 47.5 Å². The van der Waals surface area contributed by atoms with Gasteiger partial charge in [0.15, 0.2) is 0 Å². The van der Waals surface area contributed by atoms with E-state index in [1.807, 2.05) is 38.3 Å². The number of aromatic amines is 1. The normalized spacial score (nSPS) is 18.6. The number of anilines is 1. The number of aliphatic imine (C=N–C) groups is 1. The Morgan fingerprint density at radius 1 is 1.48 bits per heavy atom. The number of hydrogen-bond donors (Lipinski definition) is 3. The van der Waals surface area contributed by atoms with Crippen LogP contribution in [0.4, 0.5) is 5.69 Å². The molecule has 1 aliphatic rings. The summed E-state index contributed by atoms with van der Waals surface area (Å²) in [5.41, 5.74) is 9.36. The van der Waals surface area contributed by atoms with Gasteiger partial charge in [0, 0.05) is 31.5 Å². The lowest BCUT2D eigenvalue weighted by Gasteiger charge is -2.26. The largest absolute Gasteiger partial charge is 0.384 e. The topological polar surface area (TPSA) is 99.4 Å². The second-order valence-electron chi connectivity index (χ2n) is 6.43. The van der Waals surface area contributed by atoms with Gasteiger partial charge < -0.3 is 20.9 Å². The Balaban J connectivity index is 2.17. The summed E-state index contributed by atoms with van der Waals surface area (Å²) in [6.45, 7) is 4.62. The summed E-state index contributed by atoms with van der Waals surface area (Å²) in [6.07, 6.45) is 11.1. The van der Waals surface area contributed by atoms with E-state index in [0.29, 0.717) is 5.82 Å². The van der Waals surface area contributed by atoms with E-state index in [0.717, 1.165) is 47.4 Å². The van der Waals surface area contributed by atoms with Gasteiger partial charge in [0.25, 0.3) is 0 Å². The smallest absolute Gasteiger partial charge is 0.242 e. The van der Waals surface area contributed by atoms with Crippen molar-refractivity contribution in [1.82, 2.24) is 15.3 Å². The second-order valence-corrected chi connectivity index (χ2v) is 6.43. The number of hydrogen-bond acceptors (Lipinski definition) is 5. The van der Waals surface area contributed by atoms with E-state index in [1.54, 1.807) is 19.3 Å². The summed E-state index contributed by atoms with van der Waals surface area (Å²) in [5, 5.41) is 3.73. The summed E-state index contributed by atoms with van der Waals surface area (Å²) in [4.78, 5) is 26.7. The molecule has 1 amide bonds. The van der Waals surface area contributed by atoms with E-state index in [-0.39, 0.29) is 11.9 Å². The van der Waals surface area contributed by atoms with Gasteiger partial charge in [0.05, 0.1) is 16.8 Å². The van der Waals surface area contributed by atoms with Crippen molar-refractivity contribution in [1.29, 1.82) is 0 Å². The second kappa shape index (κ2) is 8.07. The fourth-order valence-electron chi connectivity index (χ4n) is 3.52. The van der Waals surface area contributed by atoms with E-state index in [2.05, 4.69) is 25.2 Å². The Kier molecular flexibility index (Phi) is 5.59. The minimum Gasteiger partial charge on any atom is -0.384 e. The predicted octanol–water partition coefficient (Wildman–Crippen LogP) is 2.46. The highest BCUT2D eigenvalue weighted by Gasteiger charge is 2.32. The Bertz CT molecular complexity index is 924. The molecule has 1 unspecified atom stereocenters. The lowest BCUT2D eigenvalue weighted by molar-refractivity contribution is -0.121. The number of allylic oxidation sites excluding steroid dienone is 3. The van der Waals surface area contributed by atoms with Crippen molar-refractivity contribution in [3.8, 4) is 0 Å². The molecule has 0 aromatic carbocycles. The van der Waals surface area contributed by atoms with E-state index in [4.69, 9.17) is 5.73 Å². The van der Waals surface area contributed by atoms with Crippen LogP contribution in [0.3, 0.4) is 0 Å². The number of H-pyrrole nitrogens is 1. The summed E-state index contributed by atoms with van der Waals surface area (Å²) in [7, 11) is 1.68. The zero-order valence-electron chi connectivity index (χ0n) is 16.0. The number of fused-ring (bicyclic) bond motifs is 1. The average Bonchev–Trinajstić information content (AvgIpc) is 3.33. The quantitative estimate of drug-likeness (QED) is 0.708. The summed E-state index contributed by atoms with van der Waals surface area (Å²) < 4.78 is 0. The lowest BCUT2D eigenvalue weighted by atomic mass is 10.1. The Morgan fingerprint density at radius 2 is 2.30 bits per heavy atom. The van der Waals surface area contributed by atoms with Gasteiger partial charge in [0.1, 0.15) is 17.5 Å². The standard InChI is InChI=1S/C20H26N6O/c1-4-7-14(25-17(21)5-2)13-12-24-19-18(13)15(9-10-23-19)26-11-6-8-16(26)20(27)22-3/h4-5,7,9-10,12,16H,6,8,11,21H2,1-3H3,(H,22,27)(H,23,24)/b7-4-,17-5+,25-14+. The molecular formula is C20H26N6O. The Labute approximate surface area is 159 Å². The maximum Gasteiger partial charge on any atom is 0.242 e. The van der Waals surface area contributed by atoms with Gasteiger partial charge in [-0.15, -0.1) is 0 Å². The Morgan fingerprint density at radius 3 is 3.00 bits per heavy atom. The minimum atomic E-state index is -0.175. The van der Waals surface area contributed by atoms with Gasteiger partial charge in [-0.25, -0.2) is 9.98 Å². The maximum absolute atomic E-state index is 12.3. The first kappa shape index (κ1) is 18.7. The molecule has 4 N–H and O–H groups in total. The number of carbonyl (C=O) groups excluding carboxylic acids is 1. The molecule has 2 aromatic rings. The van der Waals surface area contributed by atoms with Crippen molar-refractivity contribution in [3.63, 3.8) is 0 Å². The number of rotatable bonds is 5. The van der Waals surface area contributed by atoms with E-state index < -0.39 is 0 Å². The van der Waals surface area contributed by atoms with Crippen molar-refractivity contribution < 1.29 is 4.79 Å². The molecule has 3 heterocycles. The number of pyridine rings is 1. The monoisotopic (exact) mass is 366 g/mol. The number of nitrogens with one attached hydrogen (secondary N) is 2. The fraction of sp³-hybridized carbons (Fsp3) is 0.350. The molecule has 1 fully saturated rings. The SMILES string of the molecule is C\C=C/C(=N\C(N)=C\C)c1c[nH]c2nccc(N3CCCC3C(=O)NC)c12. The fourth-order valence-corrected chi connectivity index (χ4v) is 3.52. The van der Waals surface area contributed by atoms with Crippen molar-refractivity contribution in [2.24, 2.45) is 10.7 Å². The molecule has 7 nitrogen and oxygen atoms in total. The number of nitrogens with zero attached hydrogens (tertiary/aromatic N) is 3. The van der Waals surface area contributed by atoms with Crippen LogP contribution in [0.1, 0.15) is 32.3 Å². The molecule has 0 bridgehead atoms. The zero-order chi connectivity index (χ0) is 19.4. The van der Waals surface area contributed by atoms with Crippen LogP contribution in [-0.4, -0.2) is 41.2 Å². The van der Waals surface area contributed by atoms with Crippen LogP contribution in [0, 0.1) is 0 Å². The Hall–Kier alpha value is -3.09. The molecule has 0 aliphatic carbocycles. The minimum absolute atomic E-state index is 0.0371. The van der Waals surface area contributed by atoms with Crippen LogP contribution in [0.5, 0.6) is 0 Å². The van der Waals surface area contributed by atoms with Crippen LogP contribution in [-0.2, 0) is 4.79 Å². The first-order valence-corrected chi connectivity index (χ1v) is 9.18. The molecule has 0 saturated carbocycles. The number of likely N-dealkylation sites (N-methyl/N-ethyl adjacent to an activating group) is 1. The third-order valence-electron chi connectivity index (χ3n) is 4.81. The third kappa shape index (κ3) is 3.58. The number of carbonyl (C=O) groups is 1. The van der Waals surface area contributed by atoms with Gasteiger partial charge in [-0.05, 0) is 44.9 Å². The highest BCUT2D eigenvalue weighted by Crippen LogP contribution is 2.34.